The summed E-state index contributed by atoms with van der Waals surface area (Å²) < 4.78 is 16.3. The number of hydrogen-bond acceptors (Lipinski definition) is 5. The Morgan fingerprint density at radius 1 is 0.839 bits per heavy atom. The normalized spacial score (nSPS) is 11.4. The maximum absolute atomic E-state index is 13.4. The van der Waals surface area contributed by atoms with E-state index in [0.717, 1.165) is 22.4 Å². The van der Waals surface area contributed by atoms with E-state index >= 15 is 0 Å². The van der Waals surface area contributed by atoms with Gasteiger partial charge in [0.15, 0.2) is 11.5 Å². The molecule has 3 rings (SSSR count). The van der Waals surface area contributed by atoms with E-state index in [1.165, 1.54) is 0 Å². The van der Waals surface area contributed by atoms with E-state index in [9.17, 15) is 4.79 Å². The summed E-state index contributed by atoms with van der Waals surface area (Å²) in [6.07, 6.45) is 0. The SMILES string of the molecule is COc1cc(N[C@H](C(=O)Nc2cc(C)ccc2C)c2ccccc2)cc(OC)c1OC. The molecule has 0 saturated carbocycles. The second kappa shape index (κ2) is 9.89. The van der Waals surface area contributed by atoms with Crippen LogP contribution in [0.2, 0.25) is 0 Å². The van der Waals surface area contributed by atoms with Crippen molar-refractivity contribution in [3.8, 4) is 17.2 Å². The minimum atomic E-state index is -0.635. The van der Waals surface area contributed by atoms with Gasteiger partial charge in [0.2, 0.25) is 5.75 Å². The molecule has 162 valence electrons. The van der Waals surface area contributed by atoms with Gasteiger partial charge in [-0.25, -0.2) is 0 Å². The molecule has 31 heavy (non-hydrogen) atoms. The fourth-order valence-corrected chi connectivity index (χ4v) is 3.35. The van der Waals surface area contributed by atoms with Gasteiger partial charge < -0.3 is 24.8 Å². The van der Waals surface area contributed by atoms with Crippen LogP contribution >= 0.6 is 0 Å². The van der Waals surface area contributed by atoms with E-state index in [0.29, 0.717) is 22.9 Å². The third-order valence-corrected chi connectivity index (χ3v) is 5.02. The van der Waals surface area contributed by atoms with Crippen LogP contribution in [0.3, 0.4) is 0 Å². The zero-order valence-corrected chi connectivity index (χ0v) is 18.5. The molecule has 0 aliphatic rings. The highest BCUT2D eigenvalue weighted by atomic mass is 16.5. The maximum Gasteiger partial charge on any atom is 0.251 e. The molecule has 6 nitrogen and oxygen atoms in total. The van der Waals surface area contributed by atoms with E-state index in [4.69, 9.17) is 14.2 Å². The van der Waals surface area contributed by atoms with Crippen molar-refractivity contribution in [1.29, 1.82) is 0 Å². The lowest BCUT2D eigenvalue weighted by Gasteiger charge is -2.22. The van der Waals surface area contributed by atoms with Crippen molar-refractivity contribution >= 4 is 17.3 Å². The molecular formula is C25H28N2O4. The molecule has 3 aromatic rings. The average molecular weight is 421 g/mol. The molecule has 0 spiro atoms. The lowest BCUT2D eigenvalue weighted by atomic mass is 10.0. The van der Waals surface area contributed by atoms with Gasteiger partial charge in [-0.1, -0.05) is 42.5 Å². The van der Waals surface area contributed by atoms with Crippen molar-refractivity contribution in [3.63, 3.8) is 0 Å². The van der Waals surface area contributed by atoms with Crippen molar-refractivity contribution in [1.82, 2.24) is 0 Å². The van der Waals surface area contributed by atoms with Crippen molar-refractivity contribution in [2.45, 2.75) is 19.9 Å². The Morgan fingerprint density at radius 3 is 2.06 bits per heavy atom. The number of rotatable bonds is 8. The van der Waals surface area contributed by atoms with Gasteiger partial charge in [0.05, 0.1) is 21.3 Å². The third kappa shape index (κ3) is 5.09. The number of carbonyl (C=O) groups excluding carboxylic acids is 1. The number of carbonyl (C=O) groups is 1. The van der Waals surface area contributed by atoms with Crippen LogP contribution in [0.4, 0.5) is 11.4 Å². The molecule has 0 fully saturated rings. The molecule has 0 aliphatic carbocycles. The zero-order valence-electron chi connectivity index (χ0n) is 18.5. The molecule has 0 aromatic heterocycles. The summed E-state index contributed by atoms with van der Waals surface area (Å²) >= 11 is 0. The first kappa shape index (κ1) is 22.0. The number of methoxy groups -OCH3 is 3. The van der Waals surface area contributed by atoms with Crippen LogP contribution in [-0.2, 0) is 4.79 Å². The van der Waals surface area contributed by atoms with Crippen LogP contribution in [0.1, 0.15) is 22.7 Å². The minimum Gasteiger partial charge on any atom is -0.493 e. The Balaban J connectivity index is 1.97. The Morgan fingerprint density at radius 2 is 1.48 bits per heavy atom. The molecule has 1 amide bonds. The van der Waals surface area contributed by atoms with Crippen LogP contribution in [0.25, 0.3) is 0 Å². The minimum absolute atomic E-state index is 0.173. The maximum atomic E-state index is 13.4. The highest BCUT2D eigenvalue weighted by Gasteiger charge is 2.23. The Labute approximate surface area is 183 Å². The predicted molar refractivity (Wildman–Crippen MR) is 123 cm³/mol. The van der Waals surface area contributed by atoms with Crippen LogP contribution in [0.5, 0.6) is 17.2 Å². The number of hydrogen-bond donors (Lipinski definition) is 2. The van der Waals surface area contributed by atoms with Gasteiger partial charge in [0.25, 0.3) is 5.91 Å². The van der Waals surface area contributed by atoms with Gasteiger partial charge in [0, 0.05) is 23.5 Å². The summed E-state index contributed by atoms with van der Waals surface area (Å²) in [5.41, 5.74) is 4.37. The summed E-state index contributed by atoms with van der Waals surface area (Å²) in [7, 11) is 4.67. The van der Waals surface area contributed by atoms with Gasteiger partial charge in [-0.2, -0.15) is 0 Å². The van der Waals surface area contributed by atoms with Crippen LogP contribution in [0.15, 0.2) is 60.7 Å². The van der Waals surface area contributed by atoms with Crippen molar-refractivity contribution < 1.29 is 19.0 Å². The van der Waals surface area contributed by atoms with E-state index in [2.05, 4.69) is 10.6 Å². The third-order valence-electron chi connectivity index (χ3n) is 5.02. The van der Waals surface area contributed by atoms with Gasteiger partial charge in [-0.15, -0.1) is 0 Å². The fraction of sp³-hybridized carbons (Fsp3) is 0.240. The molecule has 0 unspecified atom stereocenters. The first-order chi connectivity index (χ1) is 15.0. The van der Waals surface area contributed by atoms with Gasteiger partial charge in [-0.05, 0) is 36.6 Å². The number of ether oxygens (including phenoxy) is 3. The monoisotopic (exact) mass is 420 g/mol. The highest BCUT2D eigenvalue weighted by molar-refractivity contribution is 5.98. The van der Waals surface area contributed by atoms with E-state index in [1.54, 1.807) is 33.5 Å². The Bertz CT molecular complexity index is 1030. The predicted octanol–water partition coefficient (Wildman–Crippen LogP) is 5.12. The highest BCUT2D eigenvalue weighted by Crippen LogP contribution is 2.40. The smallest absolute Gasteiger partial charge is 0.251 e. The molecule has 3 aromatic carbocycles. The van der Waals surface area contributed by atoms with Gasteiger partial charge in [0.1, 0.15) is 6.04 Å². The van der Waals surface area contributed by atoms with Crippen molar-refractivity contribution in [2.75, 3.05) is 32.0 Å². The molecule has 0 saturated heterocycles. The molecule has 0 bridgehead atoms. The lowest BCUT2D eigenvalue weighted by Crippen LogP contribution is -2.27. The lowest BCUT2D eigenvalue weighted by molar-refractivity contribution is -0.117. The zero-order chi connectivity index (χ0) is 22.4. The second-order valence-corrected chi connectivity index (χ2v) is 7.21. The Kier molecular flexibility index (Phi) is 7.03. The van der Waals surface area contributed by atoms with Crippen LogP contribution in [-0.4, -0.2) is 27.2 Å². The molecule has 6 heteroatoms. The summed E-state index contributed by atoms with van der Waals surface area (Å²) in [5.74, 6) is 1.33. The summed E-state index contributed by atoms with van der Waals surface area (Å²) in [6, 6.07) is 18.5. The first-order valence-corrected chi connectivity index (χ1v) is 9.96. The number of benzene rings is 3. The summed E-state index contributed by atoms with van der Waals surface area (Å²) in [5, 5.41) is 6.38. The van der Waals surface area contributed by atoms with E-state index < -0.39 is 6.04 Å². The topological polar surface area (TPSA) is 68.8 Å². The quantitative estimate of drug-likeness (QED) is 0.529. The molecule has 1 atom stereocenters. The average Bonchev–Trinajstić information content (AvgIpc) is 2.79. The summed E-state index contributed by atoms with van der Waals surface area (Å²) in [4.78, 5) is 13.4. The first-order valence-electron chi connectivity index (χ1n) is 9.96. The fourth-order valence-electron chi connectivity index (χ4n) is 3.35. The second-order valence-electron chi connectivity index (χ2n) is 7.21. The molecule has 0 radical (unpaired) electrons. The van der Waals surface area contributed by atoms with E-state index in [1.807, 2.05) is 62.4 Å². The van der Waals surface area contributed by atoms with Gasteiger partial charge >= 0.3 is 0 Å². The standard InChI is InChI=1S/C25H28N2O4/c1-16-11-12-17(2)20(13-16)27-25(28)23(18-9-7-6-8-10-18)26-19-14-21(29-3)24(31-5)22(15-19)30-4/h6-15,23,26H,1-5H3,(H,27,28)/t23-/m0/s1. The van der Waals surface area contributed by atoms with Crippen LogP contribution < -0.4 is 24.8 Å². The largest absolute Gasteiger partial charge is 0.493 e. The number of anilines is 2. The molecule has 0 heterocycles. The number of aryl methyl sites for hydroxylation is 2. The number of nitrogens with one attached hydrogen (secondary N) is 2. The molecular weight excluding hydrogens is 392 g/mol. The van der Waals surface area contributed by atoms with Gasteiger partial charge in [-0.3, -0.25) is 4.79 Å². The number of amides is 1. The molecule has 2 N–H and O–H groups in total. The van der Waals surface area contributed by atoms with E-state index in [-0.39, 0.29) is 5.91 Å². The Hall–Kier alpha value is -3.67. The van der Waals surface area contributed by atoms with Crippen molar-refractivity contribution in [3.05, 3.63) is 77.4 Å². The molecule has 0 aliphatic heterocycles. The van der Waals surface area contributed by atoms with Crippen LogP contribution in [0, 0.1) is 13.8 Å². The summed E-state index contributed by atoms with van der Waals surface area (Å²) in [6.45, 7) is 3.97. The van der Waals surface area contributed by atoms with Crippen molar-refractivity contribution in [2.24, 2.45) is 0 Å².